The fourth-order valence-corrected chi connectivity index (χ4v) is 8.83. The minimum atomic E-state index is -4.71. The van der Waals surface area contributed by atoms with Crippen LogP contribution in [-0.2, 0) is 27.9 Å². The third-order valence-electron chi connectivity index (χ3n) is 12.7. The lowest BCUT2D eigenvalue weighted by Gasteiger charge is -2.30. The average Bonchev–Trinajstić information content (AvgIpc) is 3.36. The van der Waals surface area contributed by atoms with Gasteiger partial charge in [-0.3, -0.25) is 14.2 Å². The van der Waals surface area contributed by atoms with Crippen LogP contribution in [0, 0.1) is 0 Å². The lowest BCUT2D eigenvalue weighted by Crippen LogP contribution is -2.47. The molecule has 1 N–H and O–H groups in total. The summed E-state index contributed by atoms with van der Waals surface area (Å²) in [6, 6.07) is -0.911. The van der Waals surface area contributed by atoms with E-state index in [-0.39, 0.29) is 31.3 Å². The van der Waals surface area contributed by atoms with Crippen molar-refractivity contribution in [3.8, 4) is 0 Å². The summed E-state index contributed by atoms with van der Waals surface area (Å²) >= 11 is 0. The standard InChI is InChI=1S/C64H113N2O7P/c1-7-10-13-16-19-22-25-27-29-30-31-32-33-34-35-36-37-39-42-45-48-51-54-57-64(68)73-62(55-52-49-46-43-40-24-21-18-15-12-9-3)61(60-72-74(69,70)71-59-58-66(4,5)6)65-63(67)56-53-50-47-44-41-38-28-26-23-20-17-14-11-8-2/h10,13,19,22,27,29,31-32,34-35,37-39,41,52,55,61-62H,7-9,11-12,14-18,20-21,23-26,28,30,33,36,40,42-51,53-54,56-60H2,1-6H3,(H-,65,67,69,70)/b13-10-,22-19-,29-27-,32-31-,35-34-,39-37-,41-38-,55-52-. The Kier molecular flexibility index (Phi) is 51.1. The molecular formula is C64H113N2O7P. The number of unbranched alkanes of at least 4 members (excludes halogenated alkanes) is 23. The quantitative estimate of drug-likeness (QED) is 0.0212. The van der Waals surface area contributed by atoms with Gasteiger partial charge in [0.15, 0.2) is 0 Å². The summed E-state index contributed by atoms with van der Waals surface area (Å²) in [7, 11) is 1.15. The highest BCUT2D eigenvalue weighted by Gasteiger charge is 2.27. The Hall–Kier alpha value is -3.07. The molecule has 0 aromatic rings. The van der Waals surface area contributed by atoms with E-state index in [1.54, 1.807) is 0 Å². The second kappa shape index (κ2) is 53.3. The van der Waals surface area contributed by atoms with Gasteiger partial charge in [-0.2, -0.15) is 0 Å². The lowest BCUT2D eigenvalue weighted by atomic mass is 10.1. The molecule has 0 aromatic carbocycles. The van der Waals surface area contributed by atoms with Crippen molar-refractivity contribution in [3.05, 3.63) is 97.2 Å². The fraction of sp³-hybridized carbons (Fsp3) is 0.719. The summed E-state index contributed by atoms with van der Waals surface area (Å²) in [5, 5.41) is 3.00. The van der Waals surface area contributed by atoms with E-state index in [9.17, 15) is 19.0 Å². The zero-order chi connectivity index (χ0) is 54.3. The molecule has 3 unspecified atom stereocenters. The molecule has 0 saturated carbocycles. The summed E-state index contributed by atoms with van der Waals surface area (Å²) in [5.41, 5.74) is 0. The van der Waals surface area contributed by atoms with Crippen LogP contribution >= 0.6 is 7.82 Å². The molecule has 0 heterocycles. The number of nitrogens with one attached hydrogen (secondary N) is 1. The van der Waals surface area contributed by atoms with Gasteiger partial charge in [-0.1, -0.05) is 221 Å². The lowest BCUT2D eigenvalue weighted by molar-refractivity contribution is -0.870. The van der Waals surface area contributed by atoms with Gasteiger partial charge in [0.1, 0.15) is 19.3 Å². The van der Waals surface area contributed by atoms with Crippen LogP contribution in [0.15, 0.2) is 97.2 Å². The van der Waals surface area contributed by atoms with Crippen LogP contribution in [0.2, 0.25) is 0 Å². The molecule has 0 aromatic heterocycles. The van der Waals surface area contributed by atoms with E-state index in [2.05, 4.69) is 111 Å². The molecule has 0 spiro atoms. The highest BCUT2D eigenvalue weighted by molar-refractivity contribution is 7.45. The second-order valence-corrected chi connectivity index (χ2v) is 22.5. The van der Waals surface area contributed by atoms with Crippen LogP contribution < -0.4 is 10.2 Å². The van der Waals surface area contributed by atoms with Crippen LogP contribution in [0.5, 0.6) is 0 Å². The van der Waals surface area contributed by atoms with Crippen LogP contribution in [0.1, 0.15) is 245 Å². The fourth-order valence-electron chi connectivity index (χ4n) is 8.11. The molecule has 0 bridgehead atoms. The Labute approximate surface area is 456 Å². The van der Waals surface area contributed by atoms with E-state index in [1.165, 1.54) is 89.9 Å². The minimum absolute atomic E-state index is 0.0337. The second-order valence-electron chi connectivity index (χ2n) is 21.1. The molecular weight excluding hydrogens is 940 g/mol. The maximum absolute atomic E-state index is 13.5. The first-order valence-corrected chi connectivity index (χ1v) is 31.5. The van der Waals surface area contributed by atoms with Gasteiger partial charge >= 0.3 is 5.97 Å². The predicted molar refractivity (Wildman–Crippen MR) is 316 cm³/mol. The molecule has 1 amide bonds. The zero-order valence-electron chi connectivity index (χ0n) is 48.5. The van der Waals surface area contributed by atoms with Gasteiger partial charge in [-0.05, 0) is 109 Å². The minimum Gasteiger partial charge on any atom is -0.756 e. The van der Waals surface area contributed by atoms with E-state index in [0.717, 1.165) is 109 Å². The number of quaternary nitrogens is 1. The number of carbonyl (C=O) groups excluding carboxylic acids is 2. The van der Waals surface area contributed by atoms with Crippen molar-refractivity contribution < 1.29 is 37.3 Å². The maximum atomic E-state index is 13.5. The number of esters is 1. The highest BCUT2D eigenvalue weighted by Crippen LogP contribution is 2.38. The molecule has 10 heteroatoms. The van der Waals surface area contributed by atoms with E-state index < -0.39 is 26.6 Å². The van der Waals surface area contributed by atoms with Gasteiger partial charge in [0.25, 0.3) is 7.82 Å². The number of likely N-dealkylation sites (N-methyl/N-ethyl adjacent to an activating group) is 1. The number of hydrogen-bond donors (Lipinski definition) is 1. The average molecular weight is 1050 g/mol. The van der Waals surface area contributed by atoms with Gasteiger partial charge in [-0.15, -0.1) is 0 Å². The SMILES string of the molecule is CC/C=C\C/C=C\C/C=C\C/C=C\C/C=C\C/C=C\CCCCCCC(=O)OC(/C=C\CCCCCCCCCCC)C(COP(=O)([O-])OCC[N+](C)(C)C)NC(=O)CCCCC/C=C\CCCCCCCCC. The van der Waals surface area contributed by atoms with Gasteiger partial charge in [0.2, 0.25) is 5.91 Å². The van der Waals surface area contributed by atoms with Crippen LogP contribution in [0.3, 0.4) is 0 Å². The molecule has 0 aliphatic heterocycles. The molecule has 0 aliphatic carbocycles. The van der Waals surface area contributed by atoms with Crippen molar-refractivity contribution in [1.82, 2.24) is 5.32 Å². The number of rotatable bonds is 53. The third-order valence-corrected chi connectivity index (χ3v) is 13.7. The summed E-state index contributed by atoms with van der Waals surface area (Å²) in [5.74, 6) is -0.594. The maximum Gasteiger partial charge on any atom is 0.306 e. The molecule has 0 rings (SSSR count). The van der Waals surface area contributed by atoms with Crippen molar-refractivity contribution in [2.24, 2.45) is 0 Å². The van der Waals surface area contributed by atoms with Crippen molar-refractivity contribution in [2.75, 3.05) is 40.9 Å². The van der Waals surface area contributed by atoms with Gasteiger partial charge in [0, 0.05) is 12.8 Å². The van der Waals surface area contributed by atoms with Crippen molar-refractivity contribution in [1.29, 1.82) is 0 Å². The van der Waals surface area contributed by atoms with Gasteiger partial charge < -0.3 is 28.5 Å². The Balaban J connectivity index is 5.30. The number of phosphoric acid groups is 1. The van der Waals surface area contributed by atoms with Gasteiger partial charge in [0.05, 0.1) is 33.8 Å². The smallest absolute Gasteiger partial charge is 0.306 e. The number of ether oxygens (including phenoxy) is 1. The van der Waals surface area contributed by atoms with E-state index in [1.807, 2.05) is 33.3 Å². The van der Waals surface area contributed by atoms with E-state index in [4.69, 9.17) is 13.8 Å². The first kappa shape index (κ1) is 70.9. The Morgan fingerprint density at radius 2 is 0.865 bits per heavy atom. The number of nitrogens with zero attached hydrogens (tertiary/aromatic N) is 1. The molecule has 0 radical (unpaired) electrons. The Morgan fingerprint density at radius 1 is 0.486 bits per heavy atom. The molecule has 9 nitrogen and oxygen atoms in total. The van der Waals surface area contributed by atoms with Crippen LogP contribution in [0.4, 0.5) is 0 Å². The van der Waals surface area contributed by atoms with Crippen LogP contribution in [0.25, 0.3) is 0 Å². The molecule has 74 heavy (non-hydrogen) atoms. The summed E-state index contributed by atoms with van der Waals surface area (Å²) in [4.78, 5) is 39.9. The number of phosphoric ester groups is 1. The predicted octanol–water partition coefficient (Wildman–Crippen LogP) is 17.8. The summed E-state index contributed by atoms with van der Waals surface area (Å²) in [6.07, 6.45) is 70.9. The highest BCUT2D eigenvalue weighted by atomic mass is 31.2. The topological polar surface area (TPSA) is 114 Å². The largest absolute Gasteiger partial charge is 0.756 e. The van der Waals surface area contributed by atoms with Crippen molar-refractivity contribution in [3.63, 3.8) is 0 Å². The van der Waals surface area contributed by atoms with Gasteiger partial charge in [-0.25, -0.2) is 0 Å². The third kappa shape index (κ3) is 53.7. The Bertz CT molecular complexity index is 1590. The summed E-state index contributed by atoms with van der Waals surface area (Å²) < 4.78 is 30.2. The summed E-state index contributed by atoms with van der Waals surface area (Å²) in [6.45, 7) is 6.68. The van der Waals surface area contributed by atoms with E-state index in [0.29, 0.717) is 23.9 Å². The Morgan fingerprint density at radius 3 is 1.32 bits per heavy atom. The molecule has 0 aliphatic rings. The van der Waals surface area contributed by atoms with Crippen molar-refractivity contribution >= 4 is 19.7 Å². The first-order valence-electron chi connectivity index (χ1n) is 30.0. The number of amides is 1. The monoisotopic (exact) mass is 1050 g/mol. The van der Waals surface area contributed by atoms with E-state index >= 15 is 0 Å². The number of allylic oxidation sites excluding steroid dienone is 15. The molecule has 0 saturated heterocycles. The molecule has 426 valence electrons. The van der Waals surface area contributed by atoms with Crippen molar-refractivity contribution in [2.45, 2.75) is 258 Å². The number of hydrogen-bond acceptors (Lipinski definition) is 7. The zero-order valence-corrected chi connectivity index (χ0v) is 49.4. The molecule has 0 fully saturated rings. The van der Waals surface area contributed by atoms with Crippen LogP contribution in [-0.4, -0.2) is 69.4 Å². The number of carbonyl (C=O) groups is 2. The normalized spacial score (nSPS) is 14.4. The first-order chi connectivity index (χ1) is 35.9. The molecule has 3 atom stereocenters.